The lowest BCUT2D eigenvalue weighted by atomic mass is 10.2. The third-order valence-corrected chi connectivity index (χ3v) is 3.31. The molecule has 0 unspecified atom stereocenters. The van der Waals surface area contributed by atoms with Crippen molar-refractivity contribution in [3.8, 4) is 11.5 Å². The van der Waals surface area contributed by atoms with E-state index in [4.69, 9.17) is 14.6 Å². The SMILES string of the molecule is Cc1cccc(OCCCC(=O)Nc2ccc(OCC(=O)O)cc2)c1. The average molecular weight is 343 g/mol. The number of aryl methyl sites for hydroxylation is 1. The van der Waals surface area contributed by atoms with E-state index >= 15 is 0 Å². The summed E-state index contributed by atoms with van der Waals surface area (Å²) in [5, 5.41) is 11.3. The van der Waals surface area contributed by atoms with E-state index in [0.29, 0.717) is 30.9 Å². The molecule has 0 bridgehead atoms. The lowest BCUT2D eigenvalue weighted by Gasteiger charge is -2.08. The second-order valence-electron chi connectivity index (χ2n) is 5.52. The first kappa shape index (κ1) is 18.3. The third-order valence-electron chi connectivity index (χ3n) is 3.31. The molecule has 25 heavy (non-hydrogen) atoms. The molecule has 2 N–H and O–H groups in total. The van der Waals surface area contributed by atoms with Crippen LogP contribution >= 0.6 is 0 Å². The van der Waals surface area contributed by atoms with Gasteiger partial charge in [0.25, 0.3) is 0 Å². The zero-order valence-corrected chi connectivity index (χ0v) is 14.0. The van der Waals surface area contributed by atoms with E-state index in [-0.39, 0.29) is 5.91 Å². The molecule has 6 heteroatoms. The molecule has 0 aliphatic rings. The van der Waals surface area contributed by atoms with Crippen LogP contribution in [0.4, 0.5) is 5.69 Å². The van der Waals surface area contributed by atoms with Crippen LogP contribution in [0.25, 0.3) is 0 Å². The molecule has 0 radical (unpaired) electrons. The number of nitrogens with one attached hydrogen (secondary N) is 1. The first-order chi connectivity index (χ1) is 12.0. The van der Waals surface area contributed by atoms with E-state index in [1.807, 2.05) is 31.2 Å². The van der Waals surface area contributed by atoms with Crippen molar-refractivity contribution in [2.24, 2.45) is 0 Å². The van der Waals surface area contributed by atoms with Gasteiger partial charge in [0.05, 0.1) is 6.61 Å². The van der Waals surface area contributed by atoms with Gasteiger partial charge in [-0.25, -0.2) is 4.79 Å². The monoisotopic (exact) mass is 343 g/mol. The summed E-state index contributed by atoms with van der Waals surface area (Å²) >= 11 is 0. The van der Waals surface area contributed by atoms with E-state index in [2.05, 4.69) is 5.32 Å². The van der Waals surface area contributed by atoms with Gasteiger partial charge in [-0.2, -0.15) is 0 Å². The number of carboxylic acid groups (broad SMARTS) is 1. The largest absolute Gasteiger partial charge is 0.494 e. The fourth-order valence-corrected chi connectivity index (χ4v) is 2.13. The van der Waals surface area contributed by atoms with Gasteiger partial charge >= 0.3 is 5.97 Å². The number of anilines is 1. The summed E-state index contributed by atoms with van der Waals surface area (Å²) in [6, 6.07) is 14.3. The Morgan fingerprint density at radius 2 is 1.80 bits per heavy atom. The Morgan fingerprint density at radius 3 is 2.48 bits per heavy atom. The molecule has 0 heterocycles. The Kier molecular flexibility index (Phi) is 6.83. The number of ether oxygens (including phenoxy) is 2. The predicted octanol–water partition coefficient (Wildman–Crippen LogP) is 3.26. The molecule has 0 saturated carbocycles. The number of carbonyl (C=O) groups excluding carboxylic acids is 1. The highest BCUT2D eigenvalue weighted by Crippen LogP contribution is 2.16. The normalized spacial score (nSPS) is 10.1. The van der Waals surface area contributed by atoms with E-state index in [1.54, 1.807) is 24.3 Å². The van der Waals surface area contributed by atoms with Gasteiger partial charge in [0.2, 0.25) is 5.91 Å². The van der Waals surface area contributed by atoms with Crippen molar-refractivity contribution in [1.82, 2.24) is 0 Å². The molecule has 0 fully saturated rings. The molecule has 0 aromatic heterocycles. The number of hydrogen-bond donors (Lipinski definition) is 2. The van der Waals surface area contributed by atoms with Crippen LogP contribution in [0.5, 0.6) is 11.5 Å². The van der Waals surface area contributed by atoms with Crippen molar-refractivity contribution >= 4 is 17.6 Å². The first-order valence-electron chi connectivity index (χ1n) is 7.97. The minimum Gasteiger partial charge on any atom is -0.494 e. The van der Waals surface area contributed by atoms with Crippen molar-refractivity contribution in [3.63, 3.8) is 0 Å². The van der Waals surface area contributed by atoms with Crippen LogP contribution in [0.15, 0.2) is 48.5 Å². The average Bonchev–Trinajstić information content (AvgIpc) is 2.58. The third kappa shape index (κ3) is 6.95. The summed E-state index contributed by atoms with van der Waals surface area (Å²) in [4.78, 5) is 22.3. The maximum atomic E-state index is 11.9. The summed E-state index contributed by atoms with van der Waals surface area (Å²) in [6.45, 7) is 2.07. The molecule has 2 rings (SSSR count). The van der Waals surface area contributed by atoms with E-state index in [0.717, 1.165) is 11.3 Å². The van der Waals surface area contributed by atoms with Gasteiger partial charge in [0.15, 0.2) is 6.61 Å². The fraction of sp³-hybridized carbons (Fsp3) is 0.263. The smallest absolute Gasteiger partial charge is 0.341 e. The second-order valence-corrected chi connectivity index (χ2v) is 5.52. The summed E-state index contributed by atoms with van der Waals surface area (Å²) < 4.78 is 10.6. The van der Waals surface area contributed by atoms with Crippen molar-refractivity contribution in [2.45, 2.75) is 19.8 Å². The number of rotatable bonds is 9. The van der Waals surface area contributed by atoms with E-state index in [9.17, 15) is 9.59 Å². The Hall–Kier alpha value is -3.02. The number of hydrogen-bond acceptors (Lipinski definition) is 4. The number of carbonyl (C=O) groups is 2. The quantitative estimate of drug-likeness (QED) is 0.683. The molecule has 0 aliphatic heterocycles. The van der Waals surface area contributed by atoms with Gasteiger partial charge in [-0.15, -0.1) is 0 Å². The lowest BCUT2D eigenvalue weighted by molar-refractivity contribution is -0.139. The molecule has 0 spiro atoms. The van der Waals surface area contributed by atoms with Crippen LogP contribution in [0.2, 0.25) is 0 Å². The maximum absolute atomic E-state index is 11.9. The molecule has 0 atom stereocenters. The molecule has 0 saturated heterocycles. The minimum absolute atomic E-state index is 0.105. The summed E-state index contributed by atoms with van der Waals surface area (Å²) in [7, 11) is 0. The zero-order valence-electron chi connectivity index (χ0n) is 14.0. The Balaban J connectivity index is 1.68. The second kappa shape index (κ2) is 9.32. The molecule has 2 aromatic rings. The van der Waals surface area contributed by atoms with E-state index in [1.165, 1.54) is 0 Å². The number of carboxylic acids is 1. The van der Waals surface area contributed by atoms with Crippen LogP contribution in [0, 0.1) is 6.92 Å². The standard InChI is InChI=1S/C19H21NO5/c1-14-4-2-5-17(12-14)24-11-3-6-18(21)20-15-7-9-16(10-8-15)25-13-19(22)23/h2,4-5,7-10,12H,3,6,11,13H2,1H3,(H,20,21)(H,22,23). The molecule has 2 aromatic carbocycles. The van der Waals surface area contributed by atoms with Crippen LogP contribution in [-0.4, -0.2) is 30.2 Å². The lowest BCUT2D eigenvalue weighted by Crippen LogP contribution is -2.13. The fourth-order valence-electron chi connectivity index (χ4n) is 2.13. The van der Waals surface area contributed by atoms with Crippen LogP contribution in [0.3, 0.4) is 0 Å². The van der Waals surface area contributed by atoms with Crippen molar-refractivity contribution in [3.05, 3.63) is 54.1 Å². The minimum atomic E-state index is -1.04. The van der Waals surface area contributed by atoms with E-state index < -0.39 is 12.6 Å². The highest BCUT2D eigenvalue weighted by molar-refractivity contribution is 5.90. The first-order valence-corrected chi connectivity index (χ1v) is 7.97. The van der Waals surface area contributed by atoms with Crippen molar-refractivity contribution in [1.29, 1.82) is 0 Å². The Labute approximate surface area is 146 Å². The molecular weight excluding hydrogens is 322 g/mol. The predicted molar refractivity (Wildman–Crippen MR) is 94.1 cm³/mol. The van der Waals surface area contributed by atoms with Gasteiger partial charge in [0.1, 0.15) is 11.5 Å². The molecule has 1 amide bonds. The highest BCUT2D eigenvalue weighted by Gasteiger charge is 2.04. The van der Waals surface area contributed by atoms with Crippen LogP contribution < -0.4 is 14.8 Å². The van der Waals surface area contributed by atoms with Gasteiger partial charge in [-0.1, -0.05) is 12.1 Å². The van der Waals surface area contributed by atoms with Crippen molar-refractivity contribution < 1.29 is 24.2 Å². The van der Waals surface area contributed by atoms with Gasteiger partial charge in [-0.3, -0.25) is 4.79 Å². The Morgan fingerprint density at radius 1 is 1.04 bits per heavy atom. The van der Waals surface area contributed by atoms with Crippen LogP contribution in [0.1, 0.15) is 18.4 Å². The highest BCUT2D eigenvalue weighted by atomic mass is 16.5. The van der Waals surface area contributed by atoms with Gasteiger partial charge < -0.3 is 19.9 Å². The molecule has 132 valence electrons. The van der Waals surface area contributed by atoms with Gasteiger partial charge in [-0.05, 0) is 55.3 Å². The molecular formula is C19H21NO5. The number of amides is 1. The molecule has 0 aliphatic carbocycles. The zero-order chi connectivity index (χ0) is 18.1. The summed E-state index contributed by atoms with van der Waals surface area (Å²) in [5.74, 6) is 0.0987. The Bertz CT molecular complexity index is 712. The van der Waals surface area contributed by atoms with Gasteiger partial charge in [0, 0.05) is 12.1 Å². The molecule has 6 nitrogen and oxygen atoms in total. The summed E-state index contributed by atoms with van der Waals surface area (Å²) in [5.41, 5.74) is 1.76. The number of aliphatic carboxylic acids is 1. The summed E-state index contributed by atoms with van der Waals surface area (Å²) in [6.07, 6.45) is 0.961. The maximum Gasteiger partial charge on any atom is 0.341 e. The number of benzene rings is 2. The van der Waals surface area contributed by atoms with Crippen molar-refractivity contribution in [2.75, 3.05) is 18.5 Å². The topological polar surface area (TPSA) is 84.9 Å². The van der Waals surface area contributed by atoms with Crippen LogP contribution in [-0.2, 0) is 9.59 Å².